The fourth-order valence-electron chi connectivity index (χ4n) is 1.50. The molecule has 2 N–H and O–H groups in total. The third-order valence-corrected chi connectivity index (χ3v) is 2.41. The van der Waals surface area contributed by atoms with E-state index in [0.717, 1.165) is 6.92 Å². The Kier molecular flexibility index (Phi) is 5.66. The highest BCUT2D eigenvalue weighted by Gasteiger charge is 2.19. The van der Waals surface area contributed by atoms with Crippen molar-refractivity contribution in [3.05, 3.63) is 30.1 Å². The van der Waals surface area contributed by atoms with E-state index in [1.165, 1.54) is 18.2 Å². The molecule has 0 spiro atoms. The third kappa shape index (κ3) is 7.33. The second kappa shape index (κ2) is 7.01. The fraction of sp³-hybridized carbons (Fsp3) is 0.462. The van der Waals surface area contributed by atoms with E-state index in [-0.39, 0.29) is 6.42 Å². The molecule has 0 heterocycles. The molecule has 0 bridgehead atoms. The van der Waals surface area contributed by atoms with Crippen LogP contribution in [0.25, 0.3) is 0 Å². The van der Waals surface area contributed by atoms with Crippen LogP contribution in [0.3, 0.4) is 0 Å². The topological polar surface area (TPSA) is 41.1 Å². The number of carbonyl (C=O) groups excluding carboxylic acids is 1. The summed E-state index contributed by atoms with van der Waals surface area (Å²) in [5, 5.41) is 4.97. The van der Waals surface area contributed by atoms with E-state index in [9.17, 15) is 18.0 Å². The van der Waals surface area contributed by atoms with E-state index in [1.807, 2.05) is 0 Å². The first-order valence-electron chi connectivity index (χ1n) is 6.05. The Hall–Kier alpha value is -1.72. The van der Waals surface area contributed by atoms with Gasteiger partial charge in [-0.15, -0.1) is 0 Å². The Morgan fingerprint density at radius 3 is 2.68 bits per heavy atom. The van der Waals surface area contributed by atoms with Crippen LogP contribution in [0.2, 0.25) is 0 Å². The number of carbonyl (C=O) groups is 1. The van der Waals surface area contributed by atoms with E-state index >= 15 is 0 Å². The number of halogens is 3. The number of unbranched alkanes of at least 4 members (excludes halogenated alkanes) is 1. The first kappa shape index (κ1) is 15.3. The maximum Gasteiger partial charge on any atom is 0.319 e. The molecule has 0 fully saturated rings. The van der Waals surface area contributed by atoms with E-state index < -0.39 is 17.8 Å². The molecule has 19 heavy (non-hydrogen) atoms. The summed E-state index contributed by atoms with van der Waals surface area (Å²) in [5.41, 5.74) is 0.345. The number of anilines is 1. The van der Waals surface area contributed by atoms with Crippen molar-refractivity contribution in [3.8, 4) is 0 Å². The summed E-state index contributed by atoms with van der Waals surface area (Å²) in [7, 11) is 0. The maximum atomic E-state index is 12.8. The Morgan fingerprint density at radius 1 is 1.32 bits per heavy atom. The monoisotopic (exact) mass is 274 g/mol. The molecule has 0 unspecified atom stereocenters. The molecule has 0 aliphatic heterocycles. The molecule has 0 saturated carbocycles. The van der Waals surface area contributed by atoms with Crippen molar-refractivity contribution in [2.24, 2.45) is 0 Å². The summed E-state index contributed by atoms with van der Waals surface area (Å²) in [5.74, 6) is -3.10. The molecule has 0 aromatic heterocycles. The van der Waals surface area contributed by atoms with Crippen molar-refractivity contribution in [1.29, 1.82) is 0 Å². The van der Waals surface area contributed by atoms with Gasteiger partial charge in [0.2, 0.25) is 5.92 Å². The van der Waals surface area contributed by atoms with Crippen LogP contribution in [-0.2, 0) is 0 Å². The van der Waals surface area contributed by atoms with Crippen LogP contribution in [0, 0.1) is 5.82 Å². The summed E-state index contributed by atoms with van der Waals surface area (Å²) in [6, 6.07) is 5.02. The van der Waals surface area contributed by atoms with Gasteiger partial charge in [-0.3, -0.25) is 0 Å². The van der Waals surface area contributed by atoms with Gasteiger partial charge in [0.15, 0.2) is 0 Å². The molecule has 0 saturated heterocycles. The van der Waals surface area contributed by atoms with Gasteiger partial charge >= 0.3 is 6.03 Å². The van der Waals surface area contributed by atoms with Crippen molar-refractivity contribution < 1.29 is 18.0 Å². The minimum Gasteiger partial charge on any atom is -0.338 e. The number of urea groups is 1. The second-order valence-corrected chi connectivity index (χ2v) is 4.42. The lowest BCUT2D eigenvalue weighted by molar-refractivity contribution is 0.0106. The van der Waals surface area contributed by atoms with Gasteiger partial charge in [0.05, 0.1) is 0 Å². The largest absolute Gasteiger partial charge is 0.338 e. The van der Waals surface area contributed by atoms with Crippen molar-refractivity contribution in [2.75, 3.05) is 11.9 Å². The molecular formula is C13H17F3N2O. The molecule has 2 amide bonds. The highest BCUT2D eigenvalue weighted by atomic mass is 19.3. The lowest BCUT2D eigenvalue weighted by Gasteiger charge is -2.10. The molecule has 1 aromatic rings. The number of rotatable bonds is 6. The summed E-state index contributed by atoms with van der Waals surface area (Å²) >= 11 is 0. The van der Waals surface area contributed by atoms with E-state index in [0.29, 0.717) is 25.1 Å². The van der Waals surface area contributed by atoms with Crippen LogP contribution in [0.15, 0.2) is 24.3 Å². The van der Waals surface area contributed by atoms with Gasteiger partial charge in [-0.2, -0.15) is 0 Å². The molecule has 6 heteroatoms. The normalized spacial score (nSPS) is 11.2. The SMILES string of the molecule is CC(F)(F)CCCCNC(=O)Nc1cccc(F)c1. The van der Waals surface area contributed by atoms with Crippen LogP contribution in [0.1, 0.15) is 26.2 Å². The number of amides is 2. The Bertz CT molecular complexity index is 419. The van der Waals surface area contributed by atoms with Gasteiger partial charge in [0.1, 0.15) is 5.82 Å². The zero-order chi connectivity index (χ0) is 14.3. The summed E-state index contributed by atoms with van der Waals surface area (Å²) < 4.78 is 37.8. The highest BCUT2D eigenvalue weighted by Crippen LogP contribution is 2.19. The van der Waals surface area contributed by atoms with Crippen LogP contribution >= 0.6 is 0 Å². The molecule has 1 rings (SSSR count). The van der Waals surface area contributed by atoms with Gasteiger partial charge in [0, 0.05) is 18.7 Å². The first-order valence-corrected chi connectivity index (χ1v) is 6.05. The van der Waals surface area contributed by atoms with Crippen molar-refractivity contribution in [3.63, 3.8) is 0 Å². The van der Waals surface area contributed by atoms with Crippen molar-refractivity contribution in [2.45, 2.75) is 32.1 Å². The number of alkyl halides is 2. The quantitative estimate of drug-likeness (QED) is 0.762. The lowest BCUT2D eigenvalue weighted by Crippen LogP contribution is -2.29. The summed E-state index contributed by atoms with van der Waals surface area (Å²) in [4.78, 5) is 11.4. The van der Waals surface area contributed by atoms with Crippen LogP contribution in [0.5, 0.6) is 0 Å². The smallest absolute Gasteiger partial charge is 0.319 e. The van der Waals surface area contributed by atoms with Gasteiger partial charge in [-0.05, 0) is 38.0 Å². The minimum absolute atomic E-state index is 0.194. The van der Waals surface area contributed by atoms with Gasteiger partial charge in [-0.25, -0.2) is 18.0 Å². The average molecular weight is 274 g/mol. The summed E-state index contributed by atoms with van der Waals surface area (Å²) in [6.45, 7) is 1.17. The van der Waals surface area contributed by atoms with Gasteiger partial charge in [0.25, 0.3) is 0 Å². The van der Waals surface area contributed by atoms with Gasteiger partial charge in [-0.1, -0.05) is 6.07 Å². The Morgan fingerprint density at radius 2 is 2.05 bits per heavy atom. The zero-order valence-corrected chi connectivity index (χ0v) is 10.7. The first-order chi connectivity index (χ1) is 8.87. The Balaban J connectivity index is 2.18. The van der Waals surface area contributed by atoms with Crippen LogP contribution in [0.4, 0.5) is 23.7 Å². The molecule has 0 radical (unpaired) electrons. The number of hydrogen-bond acceptors (Lipinski definition) is 1. The predicted octanol–water partition coefficient (Wildman–Crippen LogP) is 3.77. The van der Waals surface area contributed by atoms with Crippen molar-refractivity contribution >= 4 is 11.7 Å². The maximum absolute atomic E-state index is 12.8. The predicted molar refractivity (Wildman–Crippen MR) is 67.9 cm³/mol. The third-order valence-electron chi connectivity index (χ3n) is 2.41. The van der Waals surface area contributed by atoms with Crippen molar-refractivity contribution in [1.82, 2.24) is 5.32 Å². The number of nitrogens with one attached hydrogen (secondary N) is 2. The van der Waals surface area contributed by atoms with E-state index in [4.69, 9.17) is 0 Å². The van der Waals surface area contributed by atoms with Gasteiger partial charge < -0.3 is 10.6 Å². The van der Waals surface area contributed by atoms with E-state index in [2.05, 4.69) is 10.6 Å². The molecule has 0 aliphatic rings. The lowest BCUT2D eigenvalue weighted by atomic mass is 10.1. The fourth-order valence-corrected chi connectivity index (χ4v) is 1.50. The van der Waals surface area contributed by atoms with E-state index in [1.54, 1.807) is 6.07 Å². The number of benzene rings is 1. The molecule has 1 aromatic carbocycles. The molecule has 3 nitrogen and oxygen atoms in total. The van der Waals surface area contributed by atoms with Crippen LogP contribution in [-0.4, -0.2) is 18.5 Å². The Labute approximate surface area is 110 Å². The standard InChI is InChI=1S/C13H17F3N2O/c1-13(15,16)7-2-3-8-17-12(19)18-11-6-4-5-10(14)9-11/h4-6,9H,2-3,7-8H2,1H3,(H2,17,18,19). The second-order valence-electron chi connectivity index (χ2n) is 4.42. The van der Waals surface area contributed by atoms with Crippen LogP contribution < -0.4 is 10.6 Å². The molecule has 0 aliphatic carbocycles. The highest BCUT2D eigenvalue weighted by molar-refractivity contribution is 5.89. The minimum atomic E-state index is -2.66. The molecular weight excluding hydrogens is 257 g/mol. The molecule has 0 atom stereocenters. The average Bonchev–Trinajstić information content (AvgIpc) is 2.26. The molecule has 106 valence electrons. The summed E-state index contributed by atoms with van der Waals surface area (Å²) in [6.07, 6.45) is 0.615. The number of hydrogen-bond donors (Lipinski definition) is 2. The zero-order valence-electron chi connectivity index (χ0n) is 10.7.